The van der Waals surface area contributed by atoms with Crippen molar-refractivity contribution in [1.82, 2.24) is 9.97 Å². The van der Waals surface area contributed by atoms with Crippen LogP contribution in [0.25, 0.3) is 0 Å². The van der Waals surface area contributed by atoms with Crippen molar-refractivity contribution >= 4 is 5.95 Å². The van der Waals surface area contributed by atoms with Gasteiger partial charge in [-0.15, -0.1) is 0 Å². The molecule has 0 amide bonds. The zero-order valence-electron chi connectivity index (χ0n) is 8.65. The van der Waals surface area contributed by atoms with E-state index in [0.717, 1.165) is 0 Å². The smallest absolute Gasteiger partial charge is 0.223 e. The molecule has 0 bridgehead atoms. The first-order valence-corrected chi connectivity index (χ1v) is 4.37. The molecule has 1 heterocycles. The minimum atomic E-state index is 0.188. The second-order valence-electron chi connectivity index (χ2n) is 2.95. The Morgan fingerprint density at radius 2 is 2.00 bits per heavy atom. The summed E-state index contributed by atoms with van der Waals surface area (Å²) in [5.74, 6) is 1.23. The van der Waals surface area contributed by atoms with Gasteiger partial charge in [-0.3, -0.25) is 0 Å². The third-order valence-electron chi connectivity index (χ3n) is 1.66. The molecule has 0 spiro atoms. The van der Waals surface area contributed by atoms with Gasteiger partial charge in [0.2, 0.25) is 5.95 Å². The molecule has 5 heteroatoms. The molecule has 0 aliphatic carbocycles. The van der Waals surface area contributed by atoms with Crippen LogP contribution in [0.2, 0.25) is 0 Å². The fourth-order valence-electron chi connectivity index (χ4n) is 1.01. The number of hydrogen-bond donors (Lipinski definition) is 1. The van der Waals surface area contributed by atoms with Gasteiger partial charge < -0.3 is 14.8 Å². The lowest BCUT2D eigenvalue weighted by molar-refractivity contribution is 0.190. The molecule has 0 aliphatic heterocycles. The van der Waals surface area contributed by atoms with Crippen molar-refractivity contribution in [2.24, 2.45) is 0 Å². The maximum Gasteiger partial charge on any atom is 0.223 e. The van der Waals surface area contributed by atoms with Gasteiger partial charge in [-0.25, -0.2) is 9.97 Å². The third kappa shape index (κ3) is 3.18. The van der Waals surface area contributed by atoms with Crippen LogP contribution >= 0.6 is 0 Å². The Bertz CT molecular complexity index is 263. The highest BCUT2D eigenvalue weighted by molar-refractivity contribution is 5.27. The number of anilines is 1. The van der Waals surface area contributed by atoms with Crippen molar-refractivity contribution in [3.63, 3.8) is 0 Å². The number of nitrogens with one attached hydrogen (secondary N) is 1. The molecule has 0 saturated carbocycles. The van der Waals surface area contributed by atoms with Gasteiger partial charge in [-0.1, -0.05) is 0 Å². The van der Waals surface area contributed by atoms with E-state index >= 15 is 0 Å². The predicted octanol–water partition coefficient (Wildman–Crippen LogP) is 0.932. The topological polar surface area (TPSA) is 56.3 Å². The average molecular weight is 197 g/mol. The molecule has 0 radical (unpaired) electrons. The van der Waals surface area contributed by atoms with Crippen LogP contribution in [0.3, 0.4) is 0 Å². The highest BCUT2D eigenvalue weighted by atomic mass is 16.5. The van der Waals surface area contributed by atoms with Crippen LogP contribution < -0.4 is 10.1 Å². The predicted molar refractivity (Wildman–Crippen MR) is 53.5 cm³/mol. The van der Waals surface area contributed by atoms with Crippen LogP contribution in [0.15, 0.2) is 12.4 Å². The van der Waals surface area contributed by atoms with Crippen LogP contribution in [-0.4, -0.2) is 36.8 Å². The Balaban J connectivity index is 2.50. The van der Waals surface area contributed by atoms with E-state index in [0.29, 0.717) is 18.3 Å². The summed E-state index contributed by atoms with van der Waals surface area (Å²) >= 11 is 0. The summed E-state index contributed by atoms with van der Waals surface area (Å²) in [5, 5.41) is 3.09. The molecule has 5 nitrogen and oxygen atoms in total. The first kappa shape index (κ1) is 10.7. The highest BCUT2D eigenvalue weighted by Gasteiger charge is 2.02. The molecule has 1 unspecified atom stereocenters. The van der Waals surface area contributed by atoms with E-state index in [9.17, 15) is 0 Å². The summed E-state index contributed by atoms with van der Waals surface area (Å²) in [4.78, 5) is 8.14. The van der Waals surface area contributed by atoms with Gasteiger partial charge in [-0.2, -0.15) is 0 Å². The summed E-state index contributed by atoms with van der Waals surface area (Å²) in [5.41, 5.74) is 0. The molecule has 0 fully saturated rings. The number of methoxy groups -OCH3 is 2. The Morgan fingerprint density at radius 3 is 2.50 bits per heavy atom. The van der Waals surface area contributed by atoms with E-state index in [2.05, 4.69) is 15.3 Å². The maximum atomic E-state index is 4.98. The molecule has 1 rings (SSSR count). The Morgan fingerprint density at radius 1 is 1.36 bits per heavy atom. The first-order valence-electron chi connectivity index (χ1n) is 4.37. The lowest BCUT2D eigenvalue weighted by Crippen LogP contribution is -2.22. The number of rotatable bonds is 5. The average Bonchev–Trinajstić information content (AvgIpc) is 2.19. The van der Waals surface area contributed by atoms with Crippen molar-refractivity contribution in [3.05, 3.63) is 12.4 Å². The molecule has 1 N–H and O–H groups in total. The fourth-order valence-corrected chi connectivity index (χ4v) is 1.01. The van der Waals surface area contributed by atoms with E-state index in [-0.39, 0.29) is 6.04 Å². The Labute approximate surface area is 83.5 Å². The van der Waals surface area contributed by atoms with E-state index in [4.69, 9.17) is 9.47 Å². The van der Waals surface area contributed by atoms with Crippen molar-refractivity contribution in [3.8, 4) is 5.75 Å². The van der Waals surface area contributed by atoms with Crippen molar-refractivity contribution in [1.29, 1.82) is 0 Å². The highest BCUT2D eigenvalue weighted by Crippen LogP contribution is 2.07. The van der Waals surface area contributed by atoms with E-state index in [1.165, 1.54) is 0 Å². The second-order valence-corrected chi connectivity index (χ2v) is 2.95. The largest absolute Gasteiger partial charge is 0.494 e. The molecular weight excluding hydrogens is 182 g/mol. The normalized spacial score (nSPS) is 12.2. The van der Waals surface area contributed by atoms with E-state index in [1.807, 2.05) is 6.92 Å². The molecule has 1 atom stereocenters. The third-order valence-corrected chi connectivity index (χ3v) is 1.66. The van der Waals surface area contributed by atoms with E-state index < -0.39 is 0 Å². The lowest BCUT2D eigenvalue weighted by Gasteiger charge is -2.12. The molecule has 1 aromatic rings. The van der Waals surface area contributed by atoms with Gasteiger partial charge >= 0.3 is 0 Å². The van der Waals surface area contributed by atoms with Crippen LogP contribution in [0, 0.1) is 0 Å². The molecule has 0 aliphatic rings. The van der Waals surface area contributed by atoms with Gasteiger partial charge in [-0.05, 0) is 6.92 Å². The minimum absolute atomic E-state index is 0.188. The SMILES string of the molecule is COCC(C)Nc1ncc(OC)cn1. The molecule has 0 saturated heterocycles. The lowest BCUT2D eigenvalue weighted by atomic mass is 10.4. The van der Waals surface area contributed by atoms with Crippen molar-refractivity contribution in [2.45, 2.75) is 13.0 Å². The summed E-state index contributed by atoms with van der Waals surface area (Å²) < 4.78 is 9.92. The van der Waals surface area contributed by atoms with Crippen LogP contribution in [-0.2, 0) is 4.74 Å². The first-order chi connectivity index (χ1) is 6.76. The molecule has 1 aromatic heterocycles. The van der Waals surface area contributed by atoms with Gasteiger partial charge in [0.05, 0.1) is 26.1 Å². The number of nitrogens with zero attached hydrogens (tertiary/aromatic N) is 2. The summed E-state index contributed by atoms with van der Waals surface area (Å²) in [6.45, 7) is 2.62. The Kier molecular flexibility index (Phi) is 4.12. The number of aromatic nitrogens is 2. The second kappa shape index (κ2) is 5.39. The van der Waals surface area contributed by atoms with E-state index in [1.54, 1.807) is 26.6 Å². The minimum Gasteiger partial charge on any atom is -0.494 e. The maximum absolute atomic E-state index is 4.98. The van der Waals surface area contributed by atoms with Crippen molar-refractivity contribution < 1.29 is 9.47 Å². The summed E-state index contributed by atoms with van der Waals surface area (Å²) in [7, 11) is 3.24. The molecule has 0 aromatic carbocycles. The summed E-state index contributed by atoms with van der Waals surface area (Å²) in [6, 6.07) is 0.188. The summed E-state index contributed by atoms with van der Waals surface area (Å²) in [6.07, 6.45) is 3.24. The molecule has 14 heavy (non-hydrogen) atoms. The Hall–Kier alpha value is -1.36. The zero-order chi connectivity index (χ0) is 10.4. The fraction of sp³-hybridized carbons (Fsp3) is 0.556. The van der Waals surface area contributed by atoms with Crippen LogP contribution in [0.5, 0.6) is 5.75 Å². The van der Waals surface area contributed by atoms with Crippen LogP contribution in [0.1, 0.15) is 6.92 Å². The van der Waals surface area contributed by atoms with Gasteiger partial charge in [0, 0.05) is 13.2 Å². The number of hydrogen-bond acceptors (Lipinski definition) is 5. The monoisotopic (exact) mass is 197 g/mol. The van der Waals surface area contributed by atoms with Crippen molar-refractivity contribution in [2.75, 3.05) is 26.1 Å². The zero-order valence-corrected chi connectivity index (χ0v) is 8.65. The van der Waals surface area contributed by atoms with Gasteiger partial charge in [0.1, 0.15) is 0 Å². The van der Waals surface area contributed by atoms with Gasteiger partial charge in [0.25, 0.3) is 0 Å². The molecular formula is C9H15N3O2. The standard InChI is InChI=1S/C9H15N3O2/c1-7(6-13-2)12-9-10-4-8(14-3)5-11-9/h4-5,7H,6H2,1-3H3,(H,10,11,12). The molecule has 78 valence electrons. The quantitative estimate of drug-likeness (QED) is 0.761. The number of ether oxygens (including phenoxy) is 2. The van der Waals surface area contributed by atoms with Crippen LogP contribution in [0.4, 0.5) is 5.95 Å². The van der Waals surface area contributed by atoms with Gasteiger partial charge in [0.15, 0.2) is 5.75 Å².